The van der Waals surface area contributed by atoms with Crippen LogP contribution in [-0.4, -0.2) is 62.8 Å². The highest BCUT2D eigenvalue weighted by atomic mass is 19.1. The summed E-state index contributed by atoms with van der Waals surface area (Å²) in [6, 6.07) is 5.51. The van der Waals surface area contributed by atoms with Crippen LogP contribution >= 0.6 is 0 Å². The van der Waals surface area contributed by atoms with Gasteiger partial charge in [-0.2, -0.15) is 0 Å². The van der Waals surface area contributed by atoms with Crippen molar-refractivity contribution in [1.29, 1.82) is 5.41 Å². The lowest BCUT2D eigenvalue weighted by molar-refractivity contribution is 0.0429. The molecule has 1 N–H and O–H groups in total. The van der Waals surface area contributed by atoms with Gasteiger partial charge in [-0.3, -0.25) is 10.2 Å². The SMILES string of the molecule is CCOc1cc2c(c(F)c1OCC)C(=N)N(CC(=O)c1cc(N3CCCCC3OCC)c(OC)c(C(C)(C)C)c1)C2. The number of rotatable bonds is 11. The minimum atomic E-state index is -0.624. The van der Waals surface area contributed by atoms with Crippen LogP contribution in [0.15, 0.2) is 18.2 Å². The molecular weight excluding hydrogens is 525 g/mol. The molecule has 0 bridgehead atoms. The summed E-state index contributed by atoms with van der Waals surface area (Å²) in [6.45, 7) is 14.1. The molecule has 1 atom stereocenters. The normalized spacial score (nSPS) is 17.1. The summed E-state index contributed by atoms with van der Waals surface area (Å²) in [5, 5.41) is 8.76. The molecule has 0 spiro atoms. The first-order valence-electron chi connectivity index (χ1n) is 14.6. The third-order valence-electron chi connectivity index (χ3n) is 7.63. The number of Topliss-reactive ketones (excluding diaryl/α,β-unsaturated/α-hetero) is 1. The number of anilines is 1. The van der Waals surface area contributed by atoms with Crippen molar-refractivity contribution in [3.05, 3.63) is 46.3 Å². The van der Waals surface area contributed by atoms with E-state index in [-0.39, 0.29) is 54.3 Å². The molecule has 1 unspecified atom stereocenters. The van der Waals surface area contributed by atoms with Gasteiger partial charge in [0.1, 0.15) is 17.8 Å². The van der Waals surface area contributed by atoms with Gasteiger partial charge in [-0.25, -0.2) is 4.39 Å². The van der Waals surface area contributed by atoms with Crippen molar-refractivity contribution in [2.24, 2.45) is 0 Å². The van der Waals surface area contributed by atoms with Crippen molar-refractivity contribution >= 4 is 17.3 Å². The summed E-state index contributed by atoms with van der Waals surface area (Å²) in [5.41, 5.74) is 2.76. The van der Waals surface area contributed by atoms with Crippen LogP contribution in [0.5, 0.6) is 17.2 Å². The van der Waals surface area contributed by atoms with E-state index < -0.39 is 5.82 Å². The molecule has 4 rings (SSSR count). The molecule has 0 aromatic heterocycles. The zero-order chi connectivity index (χ0) is 29.9. The summed E-state index contributed by atoms with van der Waals surface area (Å²) in [4.78, 5) is 17.7. The van der Waals surface area contributed by atoms with Gasteiger partial charge in [0.15, 0.2) is 23.1 Å². The fraction of sp³-hybridized carbons (Fsp3) is 0.562. The first kappa shape index (κ1) is 30.6. The molecule has 2 aliphatic heterocycles. The molecule has 8 nitrogen and oxygen atoms in total. The highest BCUT2D eigenvalue weighted by Gasteiger charge is 2.35. The van der Waals surface area contributed by atoms with E-state index in [1.165, 1.54) is 0 Å². The Morgan fingerprint density at radius 3 is 2.41 bits per heavy atom. The maximum Gasteiger partial charge on any atom is 0.197 e. The predicted octanol–water partition coefficient (Wildman–Crippen LogP) is 6.31. The van der Waals surface area contributed by atoms with Gasteiger partial charge >= 0.3 is 0 Å². The van der Waals surface area contributed by atoms with Crippen LogP contribution in [0.4, 0.5) is 10.1 Å². The number of nitrogens with one attached hydrogen (secondary N) is 1. The zero-order valence-corrected chi connectivity index (χ0v) is 25.5. The highest BCUT2D eigenvalue weighted by Crippen LogP contribution is 2.43. The molecule has 41 heavy (non-hydrogen) atoms. The fourth-order valence-corrected chi connectivity index (χ4v) is 5.72. The summed E-state index contributed by atoms with van der Waals surface area (Å²) in [5.74, 6) is 0.250. The second-order valence-corrected chi connectivity index (χ2v) is 11.5. The Kier molecular flexibility index (Phi) is 9.47. The van der Waals surface area contributed by atoms with Gasteiger partial charge in [0.2, 0.25) is 0 Å². The third kappa shape index (κ3) is 6.15. The first-order chi connectivity index (χ1) is 19.5. The van der Waals surface area contributed by atoms with Gasteiger partial charge in [0.05, 0.1) is 38.1 Å². The number of amidine groups is 1. The van der Waals surface area contributed by atoms with Gasteiger partial charge in [-0.15, -0.1) is 0 Å². The Bertz CT molecular complexity index is 1290. The second kappa shape index (κ2) is 12.7. The number of methoxy groups -OCH3 is 1. The van der Waals surface area contributed by atoms with Crippen LogP contribution in [0, 0.1) is 11.2 Å². The maximum atomic E-state index is 15.6. The van der Waals surface area contributed by atoms with Crippen LogP contribution in [0.2, 0.25) is 0 Å². The lowest BCUT2D eigenvalue weighted by Crippen LogP contribution is -2.42. The number of ketones is 1. The molecule has 2 aromatic carbocycles. The number of hydrogen-bond acceptors (Lipinski definition) is 7. The summed E-state index contributed by atoms with van der Waals surface area (Å²) >= 11 is 0. The lowest BCUT2D eigenvalue weighted by atomic mass is 9.84. The Balaban J connectivity index is 1.70. The number of carbonyl (C=O) groups is 1. The molecule has 1 saturated heterocycles. The largest absolute Gasteiger partial charge is 0.494 e. The van der Waals surface area contributed by atoms with E-state index in [0.717, 1.165) is 42.8 Å². The fourth-order valence-electron chi connectivity index (χ4n) is 5.72. The molecule has 2 heterocycles. The smallest absolute Gasteiger partial charge is 0.197 e. The number of ether oxygens (including phenoxy) is 4. The van der Waals surface area contributed by atoms with E-state index in [0.29, 0.717) is 30.1 Å². The molecule has 0 saturated carbocycles. The van der Waals surface area contributed by atoms with Gasteiger partial charge < -0.3 is 28.7 Å². The monoisotopic (exact) mass is 569 g/mol. The average Bonchev–Trinajstić information content (AvgIpc) is 3.24. The Hall–Kier alpha value is -3.33. The molecule has 0 radical (unpaired) electrons. The molecule has 224 valence electrons. The molecule has 0 amide bonds. The van der Waals surface area contributed by atoms with Gasteiger partial charge in [0.25, 0.3) is 0 Å². The minimum absolute atomic E-state index is 0.00558. The van der Waals surface area contributed by atoms with Crippen molar-refractivity contribution in [2.45, 2.75) is 79.0 Å². The third-order valence-corrected chi connectivity index (χ3v) is 7.63. The first-order valence-corrected chi connectivity index (χ1v) is 14.6. The maximum absolute atomic E-state index is 15.6. The molecule has 9 heteroatoms. The number of fused-ring (bicyclic) bond motifs is 1. The number of hydrogen-bond donors (Lipinski definition) is 1. The molecular formula is C32H44FN3O5. The number of carbonyl (C=O) groups excluding carboxylic acids is 1. The van der Waals surface area contributed by atoms with Crippen LogP contribution in [0.25, 0.3) is 0 Å². The minimum Gasteiger partial charge on any atom is -0.494 e. The number of benzene rings is 2. The van der Waals surface area contributed by atoms with E-state index in [1.807, 2.05) is 26.0 Å². The second-order valence-electron chi connectivity index (χ2n) is 11.5. The van der Waals surface area contributed by atoms with Crippen molar-refractivity contribution in [2.75, 3.05) is 44.9 Å². The van der Waals surface area contributed by atoms with Gasteiger partial charge in [-0.1, -0.05) is 20.8 Å². The Morgan fingerprint density at radius 2 is 1.78 bits per heavy atom. The van der Waals surface area contributed by atoms with Crippen LogP contribution in [0.1, 0.15) is 87.9 Å². The molecule has 0 aliphatic carbocycles. The number of piperidine rings is 1. The molecule has 1 fully saturated rings. The topological polar surface area (TPSA) is 84.3 Å². The van der Waals surface area contributed by atoms with E-state index in [9.17, 15) is 4.79 Å². The van der Waals surface area contributed by atoms with Crippen LogP contribution in [0.3, 0.4) is 0 Å². The molecule has 2 aliphatic rings. The van der Waals surface area contributed by atoms with E-state index in [1.54, 1.807) is 25.0 Å². The van der Waals surface area contributed by atoms with Crippen LogP contribution in [-0.2, 0) is 16.7 Å². The van der Waals surface area contributed by atoms with Crippen molar-refractivity contribution < 1.29 is 28.1 Å². The Labute approximate surface area is 243 Å². The quantitative estimate of drug-likeness (QED) is 0.318. The predicted molar refractivity (Wildman–Crippen MR) is 159 cm³/mol. The van der Waals surface area contributed by atoms with Crippen molar-refractivity contribution in [1.82, 2.24) is 4.90 Å². The van der Waals surface area contributed by atoms with E-state index in [2.05, 4.69) is 25.7 Å². The summed E-state index contributed by atoms with van der Waals surface area (Å²) in [7, 11) is 1.67. The van der Waals surface area contributed by atoms with Gasteiger partial charge in [0, 0.05) is 30.8 Å². The number of nitrogens with zero attached hydrogens (tertiary/aromatic N) is 2. The van der Waals surface area contributed by atoms with E-state index in [4.69, 9.17) is 24.4 Å². The highest BCUT2D eigenvalue weighted by molar-refractivity contribution is 6.06. The van der Waals surface area contributed by atoms with Gasteiger partial charge in [-0.05, 0) is 69.2 Å². The lowest BCUT2D eigenvalue weighted by Gasteiger charge is -2.39. The van der Waals surface area contributed by atoms with Crippen molar-refractivity contribution in [3.63, 3.8) is 0 Å². The average molecular weight is 570 g/mol. The Morgan fingerprint density at radius 1 is 1.05 bits per heavy atom. The van der Waals surface area contributed by atoms with Crippen LogP contribution < -0.4 is 19.1 Å². The number of halogens is 1. The summed E-state index contributed by atoms with van der Waals surface area (Å²) < 4.78 is 38.8. The van der Waals surface area contributed by atoms with Crippen molar-refractivity contribution in [3.8, 4) is 17.2 Å². The van der Waals surface area contributed by atoms with E-state index >= 15 is 4.39 Å². The summed E-state index contributed by atoms with van der Waals surface area (Å²) in [6.07, 6.45) is 2.92. The standard InChI is InChI=1S/C32H44FN3O5/c1-8-39-25-17-21-18-35(31(34)27(21)28(33)30(25)41-10-3)19-24(37)20-15-22(32(4,5)6)29(38-7)23(16-20)36-14-12-11-13-26(36)40-9-2/h15-17,26,34H,8-14,18-19H2,1-7H3. The zero-order valence-electron chi connectivity index (χ0n) is 25.5. The molecule has 2 aromatic rings.